The van der Waals surface area contributed by atoms with Crippen molar-refractivity contribution < 1.29 is 0 Å². The summed E-state index contributed by atoms with van der Waals surface area (Å²) in [5, 5.41) is 3.45. The highest BCUT2D eigenvalue weighted by atomic mass is 15.1. The Hall–Kier alpha value is -3.52. The quantitative estimate of drug-likeness (QED) is 0.440. The summed E-state index contributed by atoms with van der Waals surface area (Å²) >= 11 is 0. The third-order valence-corrected chi connectivity index (χ3v) is 5.07. The summed E-state index contributed by atoms with van der Waals surface area (Å²) in [6.45, 7) is 0.888. The molecule has 0 amide bonds. The second kappa shape index (κ2) is 6.65. The Morgan fingerprint density at radius 1 is 0.556 bits per heavy atom. The van der Waals surface area contributed by atoms with E-state index < -0.39 is 0 Å². The van der Waals surface area contributed by atoms with E-state index in [0.29, 0.717) is 0 Å². The van der Waals surface area contributed by atoms with Gasteiger partial charge in [0.1, 0.15) is 0 Å². The van der Waals surface area contributed by atoms with Gasteiger partial charge in [0, 0.05) is 34.9 Å². The monoisotopic (exact) mass is 348 g/mol. The molecule has 0 radical (unpaired) electrons. The molecule has 0 spiro atoms. The highest BCUT2D eigenvalue weighted by molar-refractivity contribution is 5.87. The number of benzene rings is 4. The van der Waals surface area contributed by atoms with E-state index in [1.54, 1.807) is 0 Å². The maximum absolute atomic E-state index is 3.45. The van der Waals surface area contributed by atoms with Gasteiger partial charge in [-0.3, -0.25) is 0 Å². The third kappa shape index (κ3) is 2.96. The SMILES string of the molecule is c1ccc(Nc2ccc(N3Cc4ccccc4-c4ccccc43)cc2)cc1. The lowest BCUT2D eigenvalue weighted by Gasteiger charge is -2.33. The van der Waals surface area contributed by atoms with Gasteiger partial charge in [-0.2, -0.15) is 0 Å². The molecule has 2 nitrogen and oxygen atoms in total. The van der Waals surface area contributed by atoms with Crippen LogP contribution >= 0.6 is 0 Å². The van der Waals surface area contributed by atoms with Gasteiger partial charge in [0.25, 0.3) is 0 Å². The van der Waals surface area contributed by atoms with Crippen molar-refractivity contribution in [2.75, 3.05) is 10.2 Å². The van der Waals surface area contributed by atoms with Crippen molar-refractivity contribution in [2.24, 2.45) is 0 Å². The molecule has 2 heteroatoms. The summed E-state index contributed by atoms with van der Waals surface area (Å²) in [7, 11) is 0. The fourth-order valence-corrected chi connectivity index (χ4v) is 3.76. The Bertz CT molecular complexity index is 1070. The van der Waals surface area contributed by atoms with Gasteiger partial charge in [0.05, 0.1) is 0 Å². The van der Waals surface area contributed by atoms with E-state index in [0.717, 1.165) is 17.9 Å². The molecule has 4 aromatic rings. The molecular formula is C25H20N2. The minimum atomic E-state index is 0.888. The Morgan fingerprint density at radius 3 is 2.00 bits per heavy atom. The summed E-state index contributed by atoms with van der Waals surface area (Å²) in [6.07, 6.45) is 0. The molecule has 0 aromatic heterocycles. The van der Waals surface area contributed by atoms with Crippen molar-refractivity contribution in [1.29, 1.82) is 0 Å². The first-order valence-electron chi connectivity index (χ1n) is 9.25. The van der Waals surface area contributed by atoms with Gasteiger partial charge in [-0.15, -0.1) is 0 Å². The predicted molar refractivity (Wildman–Crippen MR) is 114 cm³/mol. The maximum Gasteiger partial charge on any atom is 0.0493 e. The van der Waals surface area contributed by atoms with Crippen molar-refractivity contribution in [2.45, 2.75) is 6.54 Å². The number of fused-ring (bicyclic) bond motifs is 3. The summed E-state index contributed by atoms with van der Waals surface area (Å²) in [5.41, 5.74) is 8.66. The lowest BCUT2D eigenvalue weighted by atomic mass is 9.93. The van der Waals surface area contributed by atoms with Gasteiger partial charge < -0.3 is 10.2 Å². The zero-order valence-corrected chi connectivity index (χ0v) is 15.0. The van der Waals surface area contributed by atoms with E-state index in [2.05, 4.69) is 95.1 Å². The van der Waals surface area contributed by atoms with Crippen LogP contribution in [0.25, 0.3) is 11.1 Å². The molecule has 0 saturated heterocycles. The van der Waals surface area contributed by atoms with Crippen LogP contribution in [0, 0.1) is 0 Å². The van der Waals surface area contributed by atoms with E-state index in [-0.39, 0.29) is 0 Å². The van der Waals surface area contributed by atoms with Gasteiger partial charge in [-0.05, 0) is 53.6 Å². The molecule has 0 aliphatic carbocycles. The van der Waals surface area contributed by atoms with Crippen LogP contribution in [-0.4, -0.2) is 0 Å². The van der Waals surface area contributed by atoms with Crippen molar-refractivity contribution in [3.63, 3.8) is 0 Å². The van der Waals surface area contributed by atoms with Crippen molar-refractivity contribution >= 4 is 22.7 Å². The minimum Gasteiger partial charge on any atom is -0.356 e. The molecule has 0 saturated carbocycles. The topological polar surface area (TPSA) is 15.3 Å². The van der Waals surface area contributed by atoms with Gasteiger partial charge in [-0.1, -0.05) is 60.7 Å². The highest BCUT2D eigenvalue weighted by Crippen LogP contribution is 2.42. The molecule has 1 aliphatic rings. The van der Waals surface area contributed by atoms with Gasteiger partial charge in [-0.25, -0.2) is 0 Å². The smallest absolute Gasteiger partial charge is 0.0493 e. The van der Waals surface area contributed by atoms with Gasteiger partial charge in [0.15, 0.2) is 0 Å². The average Bonchev–Trinajstić information content (AvgIpc) is 2.75. The van der Waals surface area contributed by atoms with Crippen LogP contribution in [0.2, 0.25) is 0 Å². The van der Waals surface area contributed by atoms with Gasteiger partial charge in [0.2, 0.25) is 0 Å². The fraction of sp³-hybridized carbons (Fsp3) is 0.0400. The molecule has 1 N–H and O–H groups in total. The number of hydrogen-bond acceptors (Lipinski definition) is 2. The van der Waals surface area contributed by atoms with Crippen molar-refractivity contribution in [3.05, 3.63) is 109 Å². The largest absolute Gasteiger partial charge is 0.356 e. The van der Waals surface area contributed by atoms with E-state index in [1.165, 1.54) is 28.1 Å². The molecule has 0 bridgehead atoms. The molecule has 130 valence electrons. The molecule has 0 atom stereocenters. The van der Waals surface area contributed by atoms with E-state index in [1.807, 2.05) is 18.2 Å². The van der Waals surface area contributed by atoms with Crippen molar-refractivity contribution in [3.8, 4) is 11.1 Å². The van der Waals surface area contributed by atoms with Crippen LogP contribution in [0.1, 0.15) is 5.56 Å². The first-order valence-corrected chi connectivity index (χ1v) is 9.25. The molecule has 0 unspecified atom stereocenters. The first kappa shape index (κ1) is 15.7. The Labute approximate surface area is 159 Å². The second-order valence-corrected chi connectivity index (χ2v) is 6.80. The number of anilines is 4. The van der Waals surface area contributed by atoms with Gasteiger partial charge >= 0.3 is 0 Å². The molecule has 1 heterocycles. The maximum atomic E-state index is 3.45. The second-order valence-electron chi connectivity index (χ2n) is 6.80. The zero-order valence-electron chi connectivity index (χ0n) is 15.0. The summed E-state index contributed by atoms with van der Waals surface area (Å²) in [4.78, 5) is 2.39. The summed E-state index contributed by atoms with van der Waals surface area (Å²) in [5.74, 6) is 0. The Kier molecular flexibility index (Phi) is 3.87. The number of para-hydroxylation sites is 2. The van der Waals surface area contributed by atoms with Crippen LogP contribution in [0.3, 0.4) is 0 Å². The Balaban J connectivity index is 1.48. The van der Waals surface area contributed by atoms with Crippen molar-refractivity contribution in [1.82, 2.24) is 0 Å². The number of rotatable bonds is 3. The van der Waals surface area contributed by atoms with Crippen LogP contribution in [0.4, 0.5) is 22.7 Å². The highest BCUT2D eigenvalue weighted by Gasteiger charge is 2.22. The van der Waals surface area contributed by atoms with Crippen LogP contribution in [-0.2, 0) is 6.54 Å². The molecular weight excluding hydrogens is 328 g/mol. The van der Waals surface area contributed by atoms with Crippen LogP contribution in [0.15, 0.2) is 103 Å². The summed E-state index contributed by atoms with van der Waals surface area (Å²) in [6, 6.07) is 36.3. The third-order valence-electron chi connectivity index (χ3n) is 5.07. The molecule has 4 aromatic carbocycles. The molecule has 1 aliphatic heterocycles. The Morgan fingerprint density at radius 2 is 1.19 bits per heavy atom. The standard InChI is InChI=1S/C25H20N2/c1-2-9-20(10-3-1)26-21-14-16-22(17-15-21)27-18-19-8-4-5-11-23(19)24-12-6-7-13-25(24)27/h1-17,26H,18H2. The van der Waals surface area contributed by atoms with E-state index in [4.69, 9.17) is 0 Å². The molecule has 27 heavy (non-hydrogen) atoms. The van der Waals surface area contributed by atoms with Crippen LogP contribution in [0.5, 0.6) is 0 Å². The average molecular weight is 348 g/mol. The molecule has 5 rings (SSSR count). The summed E-state index contributed by atoms with van der Waals surface area (Å²) < 4.78 is 0. The normalized spacial score (nSPS) is 12.2. The number of nitrogens with one attached hydrogen (secondary N) is 1. The zero-order chi connectivity index (χ0) is 18.1. The number of hydrogen-bond donors (Lipinski definition) is 1. The van der Waals surface area contributed by atoms with E-state index >= 15 is 0 Å². The lowest BCUT2D eigenvalue weighted by molar-refractivity contribution is 0.961. The first-order chi connectivity index (χ1) is 13.4. The minimum absolute atomic E-state index is 0.888. The molecule has 0 fully saturated rings. The lowest BCUT2D eigenvalue weighted by Crippen LogP contribution is -2.21. The van der Waals surface area contributed by atoms with Crippen LogP contribution < -0.4 is 10.2 Å². The van der Waals surface area contributed by atoms with E-state index in [9.17, 15) is 0 Å². The predicted octanol–water partition coefficient (Wildman–Crippen LogP) is 6.75. The number of nitrogens with zero attached hydrogens (tertiary/aromatic N) is 1. The fourth-order valence-electron chi connectivity index (χ4n) is 3.76.